The van der Waals surface area contributed by atoms with Crippen LogP contribution < -0.4 is 5.32 Å². The summed E-state index contributed by atoms with van der Waals surface area (Å²) in [6, 6.07) is 15.9. The number of carbonyl (C=O) groups is 2. The van der Waals surface area contributed by atoms with Crippen LogP contribution in [0.4, 0.5) is 0 Å². The van der Waals surface area contributed by atoms with Gasteiger partial charge in [0.05, 0.1) is 0 Å². The van der Waals surface area contributed by atoms with Gasteiger partial charge in [-0.1, -0.05) is 47.7 Å². The Morgan fingerprint density at radius 1 is 0.955 bits per heavy atom. The summed E-state index contributed by atoms with van der Waals surface area (Å²) >= 11 is 1.22. The van der Waals surface area contributed by atoms with Gasteiger partial charge in [-0.3, -0.25) is 9.59 Å². The van der Waals surface area contributed by atoms with Gasteiger partial charge in [0.2, 0.25) is 0 Å². The van der Waals surface area contributed by atoms with Crippen LogP contribution in [0.25, 0.3) is 0 Å². The molecule has 0 unspecified atom stereocenters. The van der Waals surface area contributed by atoms with E-state index in [0.29, 0.717) is 11.1 Å². The molecule has 0 atom stereocenters. The second-order valence-electron chi connectivity index (χ2n) is 4.61. The van der Waals surface area contributed by atoms with Crippen LogP contribution >= 0.6 is 11.8 Å². The number of thioether (sulfide) groups is 1. The molecule has 0 aliphatic carbocycles. The van der Waals surface area contributed by atoms with Gasteiger partial charge >= 0.3 is 0 Å². The number of nitrogens with zero attached hydrogens (tertiary/aromatic N) is 1. The smallest absolute Gasteiger partial charge is 0.279 e. The van der Waals surface area contributed by atoms with Crippen LogP contribution in [0.5, 0.6) is 0 Å². The summed E-state index contributed by atoms with van der Waals surface area (Å²) in [7, 11) is 0. The van der Waals surface area contributed by atoms with E-state index in [4.69, 9.17) is 0 Å². The predicted molar refractivity (Wildman–Crippen MR) is 90.4 cm³/mol. The Bertz CT molecular complexity index is 694. The van der Waals surface area contributed by atoms with Gasteiger partial charge in [0, 0.05) is 11.1 Å². The van der Waals surface area contributed by atoms with Gasteiger partial charge in [0.15, 0.2) is 5.17 Å². The molecule has 0 radical (unpaired) electrons. The summed E-state index contributed by atoms with van der Waals surface area (Å²) < 4.78 is 0. The minimum atomic E-state index is -0.380. The third-order valence-corrected chi connectivity index (χ3v) is 3.53. The van der Waals surface area contributed by atoms with Crippen LogP contribution in [-0.2, 0) is 0 Å². The van der Waals surface area contributed by atoms with Crippen molar-refractivity contribution < 1.29 is 9.59 Å². The van der Waals surface area contributed by atoms with E-state index in [1.807, 2.05) is 25.1 Å². The zero-order valence-corrected chi connectivity index (χ0v) is 13.2. The molecule has 22 heavy (non-hydrogen) atoms. The van der Waals surface area contributed by atoms with Gasteiger partial charge in [-0.15, -0.1) is 0 Å². The molecule has 2 aromatic carbocycles. The maximum atomic E-state index is 12.1. The summed E-state index contributed by atoms with van der Waals surface area (Å²) in [5, 5.41) is 2.93. The van der Waals surface area contributed by atoms with Crippen molar-refractivity contribution in [2.75, 3.05) is 6.26 Å². The molecular formula is C17H16N2O2S. The predicted octanol–water partition coefficient (Wildman–Crippen LogP) is 3.28. The first-order chi connectivity index (χ1) is 10.6. The zero-order valence-electron chi connectivity index (χ0n) is 12.4. The molecule has 0 aliphatic rings. The summed E-state index contributed by atoms with van der Waals surface area (Å²) in [4.78, 5) is 28.1. The average molecular weight is 312 g/mol. The Balaban J connectivity index is 2.11. The molecule has 112 valence electrons. The van der Waals surface area contributed by atoms with Crippen molar-refractivity contribution in [3.63, 3.8) is 0 Å². The first-order valence-electron chi connectivity index (χ1n) is 6.70. The van der Waals surface area contributed by atoms with Crippen molar-refractivity contribution in [2.24, 2.45) is 4.99 Å². The average Bonchev–Trinajstić information content (AvgIpc) is 2.55. The van der Waals surface area contributed by atoms with E-state index in [1.54, 1.807) is 42.7 Å². The van der Waals surface area contributed by atoms with E-state index >= 15 is 0 Å². The lowest BCUT2D eigenvalue weighted by atomic mass is 10.1. The Hall–Kier alpha value is -2.40. The van der Waals surface area contributed by atoms with Gasteiger partial charge in [-0.2, -0.15) is 4.99 Å². The Labute approximate surface area is 133 Å². The molecule has 0 aromatic heterocycles. The monoisotopic (exact) mass is 312 g/mol. The topological polar surface area (TPSA) is 58.5 Å². The second-order valence-corrected chi connectivity index (χ2v) is 5.41. The highest BCUT2D eigenvalue weighted by molar-refractivity contribution is 8.13. The second kappa shape index (κ2) is 7.56. The molecule has 2 aromatic rings. The van der Waals surface area contributed by atoms with Crippen molar-refractivity contribution in [1.29, 1.82) is 0 Å². The summed E-state index contributed by atoms with van der Waals surface area (Å²) in [6.07, 6.45) is 1.76. The number of rotatable bonds is 2. The standard InChI is InChI=1S/C17H16N2O2S/c1-12-8-10-14(11-9-12)16(21)19-17(22-2)18-15(20)13-6-4-3-5-7-13/h3-11H,1-2H3,(H,18,19,20,21). The largest absolute Gasteiger partial charge is 0.301 e. The number of hydrogen-bond acceptors (Lipinski definition) is 3. The fourth-order valence-electron chi connectivity index (χ4n) is 1.74. The highest BCUT2D eigenvalue weighted by Gasteiger charge is 2.10. The lowest BCUT2D eigenvalue weighted by molar-refractivity contribution is 0.0978. The van der Waals surface area contributed by atoms with Crippen molar-refractivity contribution in [1.82, 2.24) is 5.32 Å². The highest BCUT2D eigenvalue weighted by Crippen LogP contribution is 2.06. The van der Waals surface area contributed by atoms with Crippen molar-refractivity contribution >= 4 is 28.7 Å². The lowest BCUT2D eigenvalue weighted by Crippen LogP contribution is -2.29. The van der Waals surface area contributed by atoms with Crippen molar-refractivity contribution in [3.8, 4) is 0 Å². The fourth-order valence-corrected chi connectivity index (χ4v) is 2.11. The molecule has 1 N–H and O–H groups in total. The van der Waals surface area contributed by atoms with Crippen molar-refractivity contribution in [2.45, 2.75) is 6.92 Å². The highest BCUT2D eigenvalue weighted by atomic mass is 32.2. The van der Waals surface area contributed by atoms with E-state index in [0.717, 1.165) is 5.56 Å². The lowest BCUT2D eigenvalue weighted by Gasteiger charge is -2.06. The summed E-state index contributed by atoms with van der Waals surface area (Å²) in [6.45, 7) is 1.95. The van der Waals surface area contributed by atoms with E-state index < -0.39 is 0 Å². The van der Waals surface area contributed by atoms with Gasteiger partial charge < -0.3 is 5.32 Å². The number of hydrogen-bond donors (Lipinski definition) is 1. The van der Waals surface area contributed by atoms with Crippen LogP contribution in [0.15, 0.2) is 59.6 Å². The molecule has 0 bridgehead atoms. The summed E-state index contributed by atoms with van der Waals surface area (Å²) in [5.41, 5.74) is 2.09. The van der Waals surface area contributed by atoms with Gasteiger partial charge in [-0.25, -0.2) is 0 Å². The third kappa shape index (κ3) is 4.30. The number of amides is 2. The van der Waals surface area contributed by atoms with E-state index in [2.05, 4.69) is 10.3 Å². The van der Waals surface area contributed by atoms with Gasteiger partial charge in [0.25, 0.3) is 11.8 Å². The molecule has 0 saturated carbocycles. The first-order valence-corrected chi connectivity index (χ1v) is 7.92. The normalized spacial score (nSPS) is 11.1. The number of benzene rings is 2. The van der Waals surface area contributed by atoms with Crippen LogP contribution in [-0.4, -0.2) is 23.2 Å². The number of amidine groups is 1. The number of aliphatic imine (C=N–C) groups is 1. The van der Waals surface area contributed by atoms with Gasteiger partial charge in [0.1, 0.15) is 0 Å². The number of carbonyl (C=O) groups excluding carboxylic acids is 2. The Morgan fingerprint density at radius 2 is 1.59 bits per heavy atom. The van der Waals surface area contributed by atoms with Crippen LogP contribution in [0.1, 0.15) is 26.3 Å². The number of nitrogens with one attached hydrogen (secondary N) is 1. The molecule has 0 saturated heterocycles. The molecular weight excluding hydrogens is 296 g/mol. The zero-order chi connectivity index (χ0) is 15.9. The number of aryl methyl sites for hydroxylation is 1. The van der Waals surface area contributed by atoms with E-state index in [9.17, 15) is 9.59 Å². The molecule has 4 nitrogen and oxygen atoms in total. The van der Waals surface area contributed by atoms with Crippen LogP contribution in [0.3, 0.4) is 0 Å². The van der Waals surface area contributed by atoms with Gasteiger partial charge in [-0.05, 0) is 37.4 Å². The van der Waals surface area contributed by atoms with E-state index in [-0.39, 0.29) is 17.0 Å². The minimum Gasteiger partial charge on any atom is -0.301 e. The first kappa shape index (κ1) is 16.0. The maximum absolute atomic E-state index is 12.1. The molecule has 5 heteroatoms. The minimum absolute atomic E-state index is 0.277. The molecule has 2 rings (SSSR count). The van der Waals surface area contributed by atoms with Crippen LogP contribution in [0.2, 0.25) is 0 Å². The van der Waals surface area contributed by atoms with Crippen molar-refractivity contribution in [3.05, 3.63) is 71.3 Å². The SMILES string of the molecule is CSC(=NC(=O)c1ccccc1)NC(=O)c1ccc(C)cc1. The molecule has 0 spiro atoms. The molecule has 2 amide bonds. The van der Waals surface area contributed by atoms with Crippen LogP contribution in [0, 0.1) is 6.92 Å². The molecule has 0 heterocycles. The Morgan fingerprint density at radius 3 is 2.18 bits per heavy atom. The maximum Gasteiger partial charge on any atom is 0.279 e. The molecule has 0 aliphatic heterocycles. The molecule has 0 fully saturated rings. The quantitative estimate of drug-likeness (QED) is 0.684. The fraction of sp³-hybridized carbons (Fsp3) is 0.118. The third-order valence-electron chi connectivity index (χ3n) is 2.95. The summed E-state index contributed by atoms with van der Waals surface area (Å²) in [5.74, 6) is -0.664. The Kier molecular flexibility index (Phi) is 5.49. The van der Waals surface area contributed by atoms with E-state index in [1.165, 1.54) is 11.8 Å².